The number of aromatic nitrogens is 1. The second kappa shape index (κ2) is 10.1. The predicted octanol–water partition coefficient (Wildman–Crippen LogP) is 5.93. The Balaban J connectivity index is 1.65. The van der Waals surface area contributed by atoms with E-state index in [0.717, 1.165) is 11.4 Å². The Morgan fingerprint density at radius 2 is 1.65 bits per heavy atom. The number of carbonyl (C=O) groups is 1. The van der Waals surface area contributed by atoms with Crippen LogP contribution in [0.3, 0.4) is 0 Å². The lowest BCUT2D eigenvalue weighted by molar-refractivity contribution is 0.102. The molecule has 2 aromatic carbocycles. The number of hydrogen-bond donors (Lipinski definition) is 1. The number of pyridine rings is 1. The average Bonchev–Trinajstić information content (AvgIpc) is 2.74. The first-order valence-electron chi connectivity index (χ1n) is 10.2. The van der Waals surface area contributed by atoms with Crippen LogP contribution in [0.15, 0.2) is 60.7 Å². The van der Waals surface area contributed by atoms with Crippen LogP contribution >= 0.6 is 0 Å². The van der Waals surface area contributed by atoms with E-state index in [1.807, 2.05) is 58.0 Å². The normalized spacial score (nSPS) is 11.8. The lowest BCUT2D eigenvalue weighted by Gasteiger charge is -2.13. The van der Waals surface area contributed by atoms with Crippen molar-refractivity contribution in [2.75, 3.05) is 12.4 Å². The van der Waals surface area contributed by atoms with Crippen LogP contribution in [0.2, 0.25) is 0 Å². The number of rotatable bonds is 8. The first-order chi connectivity index (χ1) is 14.9. The molecule has 1 atom stereocenters. The number of carbonyl (C=O) groups excluding carboxylic acids is 1. The van der Waals surface area contributed by atoms with E-state index in [-0.39, 0.29) is 18.1 Å². The van der Waals surface area contributed by atoms with Gasteiger partial charge in [0, 0.05) is 18.9 Å². The van der Waals surface area contributed by atoms with Gasteiger partial charge in [0.05, 0.1) is 29.2 Å². The molecule has 0 bridgehead atoms. The van der Waals surface area contributed by atoms with E-state index in [1.165, 1.54) is 0 Å². The summed E-state index contributed by atoms with van der Waals surface area (Å²) in [4.78, 5) is 17.1. The molecule has 1 aromatic heterocycles. The van der Waals surface area contributed by atoms with E-state index < -0.39 is 0 Å². The molecule has 0 aliphatic heterocycles. The highest BCUT2D eigenvalue weighted by molar-refractivity contribution is 6.05. The monoisotopic (exact) mass is 420 g/mol. The summed E-state index contributed by atoms with van der Waals surface area (Å²) in [5.74, 6) is 1.89. The third-order valence-electron chi connectivity index (χ3n) is 4.65. The number of hydrogen-bond acceptors (Lipinski definition) is 5. The first-order valence-corrected chi connectivity index (χ1v) is 10.2. The highest BCUT2D eigenvalue weighted by atomic mass is 16.5. The minimum atomic E-state index is -0.214. The maximum Gasteiger partial charge on any atom is 0.257 e. The van der Waals surface area contributed by atoms with Crippen LogP contribution < -0.4 is 14.8 Å². The van der Waals surface area contributed by atoms with Gasteiger partial charge in [-0.25, -0.2) is 0 Å². The van der Waals surface area contributed by atoms with Crippen LogP contribution in [0.4, 0.5) is 5.69 Å². The second-order valence-corrected chi connectivity index (χ2v) is 7.47. The van der Waals surface area contributed by atoms with Gasteiger partial charge in [0.2, 0.25) is 0 Å². The van der Waals surface area contributed by atoms with E-state index in [4.69, 9.17) is 14.2 Å². The first kappa shape index (κ1) is 22.3. The largest absolute Gasteiger partial charge is 0.491 e. The SMILES string of the molecule is COC(C)c1ccc(C(=O)Nc2ccc(Oc3cccc(OC(C)C)c3)cc2)c(C)n1. The molecular weight excluding hydrogens is 392 g/mol. The summed E-state index contributed by atoms with van der Waals surface area (Å²) in [5.41, 5.74) is 2.64. The number of amides is 1. The Hall–Kier alpha value is -3.38. The average molecular weight is 421 g/mol. The molecule has 0 saturated carbocycles. The molecule has 0 aliphatic carbocycles. The van der Waals surface area contributed by atoms with Gasteiger partial charge in [-0.15, -0.1) is 0 Å². The number of benzene rings is 2. The molecule has 1 amide bonds. The van der Waals surface area contributed by atoms with Gasteiger partial charge < -0.3 is 19.5 Å². The quantitative estimate of drug-likeness (QED) is 0.489. The van der Waals surface area contributed by atoms with Crippen molar-refractivity contribution in [3.63, 3.8) is 0 Å². The topological polar surface area (TPSA) is 69.7 Å². The van der Waals surface area contributed by atoms with Gasteiger partial charge in [0.1, 0.15) is 17.2 Å². The molecule has 6 nitrogen and oxygen atoms in total. The zero-order chi connectivity index (χ0) is 22.4. The van der Waals surface area contributed by atoms with Crippen molar-refractivity contribution in [1.82, 2.24) is 4.98 Å². The molecule has 6 heteroatoms. The van der Waals surface area contributed by atoms with Crippen molar-refractivity contribution >= 4 is 11.6 Å². The van der Waals surface area contributed by atoms with Crippen molar-refractivity contribution in [2.24, 2.45) is 0 Å². The van der Waals surface area contributed by atoms with Crippen LogP contribution in [0.1, 0.15) is 48.6 Å². The molecular formula is C25H28N2O4. The van der Waals surface area contributed by atoms with Crippen molar-refractivity contribution in [1.29, 1.82) is 0 Å². The lowest BCUT2D eigenvalue weighted by atomic mass is 10.1. The van der Waals surface area contributed by atoms with Gasteiger partial charge in [-0.1, -0.05) is 6.07 Å². The molecule has 0 saturated heterocycles. The van der Waals surface area contributed by atoms with Crippen molar-refractivity contribution < 1.29 is 19.0 Å². The predicted molar refractivity (Wildman–Crippen MR) is 121 cm³/mol. The molecule has 3 aromatic rings. The molecule has 31 heavy (non-hydrogen) atoms. The Morgan fingerprint density at radius 1 is 0.935 bits per heavy atom. The standard InChI is InChI=1S/C25H28N2O4/c1-16(2)30-21-7-6-8-22(15-21)31-20-11-9-19(10-12-20)27-25(28)23-13-14-24(18(4)29-5)26-17(23)3/h6-16,18H,1-5H3,(H,27,28). The van der Waals surface area contributed by atoms with Gasteiger partial charge >= 0.3 is 0 Å². The van der Waals surface area contributed by atoms with Gasteiger partial charge in [0.25, 0.3) is 5.91 Å². The van der Waals surface area contributed by atoms with E-state index in [0.29, 0.717) is 28.4 Å². The second-order valence-electron chi connectivity index (χ2n) is 7.47. The molecule has 0 radical (unpaired) electrons. The Kier molecular flexibility index (Phi) is 7.26. The molecule has 1 unspecified atom stereocenters. The zero-order valence-corrected chi connectivity index (χ0v) is 18.5. The van der Waals surface area contributed by atoms with Gasteiger partial charge in [-0.2, -0.15) is 0 Å². The van der Waals surface area contributed by atoms with Crippen molar-refractivity contribution in [2.45, 2.75) is 39.9 Å². The number of ether oxygens (including phenoxy) is 3. The van der Waals surface area contributed by atoms with Crippen LogP contribution in [-0.4, -0.2) is 24.1 Å². The van der Waals surface area contributed by atoms with E-state index in [2.05, 4.69) is 10.3 Å². The minimum absolute atomic E-state index is 0.0940. The molecule has 3 rings (SSSR count). The smallest absolute Gasteiger partial charge is 0.257 e. The number of nitrogens with zero attached hydrogens (tertiary/aromatic N) is 1. The Morgan fingerprint density at radius 3 is 2.29 bits per heavy atom. The van der Waals surface area contributed by atoms with Gasteiger partial charge in [0.15, 0.2) is 0 Å². The summed E-state index contributed by atoms with van der Waals surface area (Å²) in [6, 6.07) is 18.3. The van der Waals surface area contributed by atoms with Crippen molar-refractivity contribution in [3.8, 4) is 17.2 Å². The number of aryl methyl sites for hydroxylation is 1. The summed E-state index contributed by atoms with van der Waals surface area (Å²) < 4.78 is 16.9. The van der Waals surface area contributed by atoms with Gasteiger partial charge in [-0.3, -0.25) is 9.78 Å². The van der Waals surface area contributed by atoms with E-state index >= 15 is 0 Å². The molecule has 0 aliphatic rings. The molecule has 0 spiro atoms. The maximum absolute atomic E-state index is 12.7. The Labute approximate surface area is 183 Å². The van der Waals surface area contributed by atoms with Crippen LogP contribution in [-0.2, 0) is 4.74 Å². The molecule has 0 fully saturated rings. The molecule has 1 heterocycles. The summed E-state index contributed by atoms with van der Waals surface area (Å²) in [5, 5.41) is 2.90. The number of nitrogens with one attached hydrogen (secondary N) is 1. The van der Waals surface area contributed by atoms with Crippen LogP contribution in [0, 0.1) is 6.92 Å². The summed E-state index contributed by atoms with van der Waals surface area (Å²) in [6.07, 6.45) is -0.0300. The number of methoxy groups -OCH3 is 1. The third kappa shape index (κ3) is 6.06. The molecule has 162 valence electrons. The minimum Gasteiger partial charge on any atom is -0.491 e. The van der Waals surface area contributed by atoms with Crippen molar-refractivity contribution in [3.05, 3.63) is 77.6 Å². The molecule has 1 N–H and O–H groups in total. The summed E-state index contributed by atoms with van der Waals surface area (Å²) in [6.45, 7) is 7.69. The summed E-state index contributed by atoms with van der Waals surface area (Å²) >= 11 is 0. The fourth-order valence-electron chi connectivity index (χ4n) is 2.99. The fourth-order valence-corrected chi connectivity index (χ4v) is 2.99. The highest BCUT2D eigenvalue weighted by Gasteiger charge is 2.13. The van der Waals surface area contributed by atoms with Gasteiger partial charge in [-0.05, 0) is 76.2 Å². The van der Waals surface area contributed by atoms with Crippen LogP contribution in [0.5, 0.6) is 17.2 Å². The van der Waals surface area contributed by atoms with E-state index in [1.54, 1.807) is 37.4 Å². The fraction of sp³-hybridized carbons (Fsp3) is 0.280. The zero-order valence-electron chi connectivity index (χ0n) is 18.5. The van der Waals surface area contributed by atoms with E-state index in [9.17, 15) is 4.79 Å². The lowest BCUT2D eigenvalue weighted by Crippen LogP contribution is -2.15. The summed E-state index contributed by atoms with van der Waals surface area (Å²) in [7, 11) is 1.63. The third-order valence-corrected chi connectivity index (χ3v) is 4.65. The Bertz CT molecular complexity index is 1030. The maximum atomic E-state index is 12.7. The number of anilines is 1. The van der Waals surface area contributed by atoms with Crippen LogP contribution in [0.25, 0.3) is 0 Å². The highest BCUT2D eigenvalue weighted by Crippen LogP contribution is 2.27.